The molecule has 0 atom stereocenters. The molecule has 2 aromatic heterocycles. The fourth-order valence-electron chi connectivity index (χ4n) is 1.72. The van der Waals surface area contributed by atoms with E-state index in [1.807, 2.05) is 42.6 Å². The Kier molecular flexibility index (Phi) is 2.57. The smallest absolute Gasteiger partial charge is 0.231 e. The lowest BCUT2D eigenvalue weighted by Crippen LogP contribution is -1.90. The van der Waals surface area contributed by atoms with Gasteiger partial charge in [-0.05, 0) is 29.8 Å². The van der Waals surface area contributed by atoms with Crippen LogP contribution in [0.15, 0.2) is 47.1 Å². The molecule has 0 saturated heterocycles. The first kappa shape index (κ1) is 10.6. The van der Waals surface area contributed by atoms with Gasteiger partial charge in [-0.1, -0.05) is 17.3 Å². The van der Waals surface area contributed by atoms with Gasteiger partial charge in [0.15, 0.2) is 0 Å². The zero-order chi connectivity index (χ0) is 12.4. The summed E-state index contributed by atoms with van der Waals surface area (Å²) < 4.78 is 5.21. The van der Waals surface area contributed by atoms with Crippen molar-refractivity contribution < 1.29 is 4.52 Å². The molecule has 18 heavy (non-hydrogen) atoms. The van der Waals surface area contributed by atoms with Crippen molar-refractivity contribution in [3.05, 3.63) is 54.0 Å². The van der Waals surface area contributed by atoms with E-state index in [0.717, 1.165) is 16.9 Å². The predicted octanol–water partition coefficient (Wildman–Crippen LogP) is 2.24. The van der Waals surface area contributed by atoms with Crippen LogP contribution in [0.2, 0.25) is 0 Å². The van der Waals surface area contributed by atoms with Gasteiger partial charge in [0.2, 0.25) is 11.7 Å². The number of nitrogen functional groups attached to an aromatic ring is 1. The van der Waals surface area contributed by atoms with Crippen LogP contribution in [0.3, 0.4) is 0 Å². The van der Waals surface area contributed by atoms with E-state index < -0.39 is 0 Å². The largest absolute Gasteiger partial charge is 0.399 e. The van der Waals surface area contributed by atoms with Crippen LogP contribution in [0.25, 0.3) is 11.5 Å². The number of benzene rings is 1. The third kappa shape index (κ3) is 2.10. The van der Waals surface area contributed by atoms with E-state index in [1.165, 1.54) is 0 Å². The Labute approximate surface area is 104 Å². The van der Waals surface area contributed by atoms with E-state index in [1.54, 1.807) is 0 Å². The molecular formula is C13H12N4O. The van der Waals surface area contributed by atoms with Gasteiger partial charge in [-0.2, -0.15) is 4.98 Å². The van der Waals surface area contributed by atoms with Crippen LogP contribution < -0.4 is 5.73 Å². The molecule has 0 aliphatic heterocycles. The van der Waals surface area contributed by atoms with Gasteiger partial charge in [-0.15, -0.1) is 0 Å². The lowest BCUT2D eigenvalue weighted by molar-refractivity contribution is 0.385. The highest BCUT2D eigenvalue weighted by atomic mass is 16.5. The third-order valence-electron chi connectivity index (χ3n) is 2.64. The molecule has 1 aromatic carbocycles. The number of nitrogens with two attached hydrogens (primary N) is 1. The van der Waals surface area contributed by atoms with Crippen molar-refractivity contribution in [2.45, 2.75) is 6.42 Å². The number of H-pyrrole nitrogens is 1. The standard InChI is InChI=1S/C13H12N4O/c14-10-5-3-9(4-6-10)8-12-16-13(17-18-12)11-2-1-7-15-11/h1-7,15H,8,14H2. The molecule has 0 fully saturated rings. The molecule has 0 radical (unpaired) electrons. The Hall–Kier alpha value is -2.56. The normalized spacial score (nSPS) is 10.7. The number of rotatable bonds is 3. The van der Waals surface area contributed by atoms with E-state index in [-0.39, 0.29) is 0 Å². The van der Waals surface area contributed by atoms with Gasteiger partial charge in [0.05, 0.1) is 12.1 Å². The number of anilines is 1. The zero-order valence-electron chi connectivity index (χ0n) is 9.63. The number of aromatic nitrogens is 3. The molecule has 3 rings (SSSR count). The van der Waals surface area contributed by atoms with Gasteiger partial charge < -0.3 is 15.2 Å². The highest BCUT2D eigenvalue weighted by molar-refractivity contribution is 5.48. The van der Waals surface area contributed by atoms with Crippen LogP contribution >= 0.6 is 0 Å². The van der Waals surface area contributed by atoms with Crippen LogP contribution in [0.1, 0.15) is 11.5 Å². The molecule has 0 saturated carbocycles. The first-order valence-corrected chi connectivity index (χ1v) is 5.62. The lowest BCUT2D eigenvalue weighted by Gasteiger charge is -1.96. The van der Waals surface area contributed by atoms with Gasteiger partial charge in [0, 0.05) is 11.9 Å². The third-order valence-corrected chi connectivity index (χ3v) is 2.64. The average Bonchev–Trinajstić information content (AvgIpc) is 3.02. The minimum atomic E-state index is 0.574. The number of hydrogen-bond donors (Lipinski definition) is 2. The van der Waals surface area contributed by atoms with E-state index in [9.17, 15) is 0 Å². The monoisotopic (exact) mass is 240 g/mol. The van der Waals surface area contributed by atoms with Crippen molar-refractivity contribution in [2.24, 2.45) is 0 Å². The molecule has 90 valence electrons. The van der Waals surface area contributed by atoms with E-state index in [4.69, 9.17) is 10.3 Å². The number of hydrogen-bond acceptors (Lipinski definition) is 4. The molecule has 0 aliphatic carbocycles. The molecule has 2 heterocycles. The minimum Gasteiger partial charge on any atom is -0.399 e. The minimum absolute atomic E-state index is 0.574. The number of nitrogens with zero attached hydrogens (tertiary/aromatic N) is 2. The molecule has 3 aromatic rings. The summed E-state index contributed by atoms with van der Waals surface area (Å²) in [6.07, 6.45) is 2.43. The SMILES string of the molecule is Nc1ccc(Cc2nc(-c3ccc[nH]3)no2)cc1. The molecule has 0 unspecified atom stereocenters. The summed E-state index contributed by atoms with van der Waals surface area (Å²) in [4.78, 5) is 7.37. The highest BCUT2D eigenvalue weighted by Gasteiger charge is 2.09. The Morgan fingerprint density at radius 3 is 2.72 bits per heavy atom. The van der Waals surface area contributed by atoms with Gasteiger partial charge in [-0.3, -0.25) is 0 Å². The maximum absolute atomic E-state index is 5.63. The van der Waals surface area contributed by atoms with Crippen molar-refractivity contribution in [3.8, 4) is 11.5 Å². The van der Waals surface area contributed by atoms with Gasteiger partial charge in [0.1, 0.15) is 0 Å². The van der Waals surface area contributed by atoms with Crippen LogP contribution in [-0.2, 0) is 6.42 Å². The van der Waals surface area contributed by atoms with Crippen LogP contribution in [0.4, 0.5) is 5.69 Å². The molecule has 5 heteroatoms. The fourth-order valence-corrected chi connectivity index (χ4v) is 1.72. The Balaban J connectivity index is 1.80. The average molecular weight is 240 g/mol. The first-order chi connectivity index (χ1) is 8.81. The predicted molar refractivity (Wildman–Crippen MR) is 67.7 cm³/mol. The van der Waals surface area contributed by atoms with Crippen LogP contribution in [-0.4, -0.2) is 15.1 Å². The quantitative estimate of drug-likeness (QED) is 0.688. The molecule has 0 bridgehead atoms. The number of nitrogens with one attached hydrogen (secondary N) is 1. The highest BCUT2D eigenvalue weighted by Crippen LogP contribution is 2.15. The van der Waals surface area contributed by atoms with Crippen molar-refractivity contribution in [1.82, 2.24) is 15.1 Å². The van der Waals surface area contributed by atoms with Crippen molar-refractivity contribution in [3.63, 3.8) is 0 Å². The second-order valence-corrected chi connectivity index (χ2v) is 4.01. The Morgan fingerprint density at radius 2 is 2.00 bits per heavy atom. The van der Waals surface area contributed by atoms with E-state index in [0.29, 0.717) is 18.1 Å². The van der Waals surface area contributed by atoms with Gasteiger partial charge in [-0.25, -0.2) is 0 Å². The molecule has 3 N–H and O–H groups in total. The Morgan fingerprint density at radius 1 is 1.17 bits per heavy atom. The first-order valence-electron chi connectivity index (χ1n) is 5.62. The maximum Gasteiger partial charge on any atom is 0.231 e. The van der Waals surface area contributed by atoms with Crippen molar-refractivity contribution in [1.29, 1.82) is 0 Å². The summed E-state index contributed by atoms with van der Waals surface area (Å²) in [5.41, 5.74) is 8.32. The van der Waals surface area contributed by atoms with Crippen molar-refractivity contribution >= 4 is 5.69 Å². The summed E-state index contributed by atoms with van der Waals surface area (Å²) in [7, 11) is 0. The molecule has 0 amide bonds. The fraction of sp³-hybridized carbons (Fsp3) is 0.0769. The summed E-state index contributed by atoms with van der Waals surface area (Å²) in [6, 6.07) is 11.4. The molecule has 0 spiro atoms. The molecule has 0 aliphatic rings. The molecular weight excluding hydrogens is 228 g/mol. The summed E-state index contributed by atoms with van der Waals surface area (Å²) in [6.45, 7) is 0. The summed E-state index contributed by atoms with van der Waals surface area (Å²) in [5.74, 6) is 1.16. The second kappa shape index (κ2) is 4.37. The van der Waals surface area contributed by atoms with E-state index >= 15 is 0 Å². The zero-order valence-corrected chi connectivity index (χ0v) is 9.63. The Bertz CT molecular complexity index is 625. The van der Waals surface area contributed by atoms with Crippen LogP contribution in [0.5, 0.6) is 0 Å². The van der Waals surface area contributed by atoms with Gasteiger partial charge in [0.25, 0.3) is 0 Å². The topological polar surface area (TPSA) is 80.7 Å². The van der Waals surface area contributed by atoms with Crippen molar-refractivity contribution in [2.75, 3.05) is 5.73 Å². The summed E-state index contributed by atoms with van der Waals surface area (Å²) >= 11 is 0. The number of aromatic amines is 1. The van der Waals surface area contributed by atoms with E-state index in [2.05, 4.69) is 15.1 Å². The van der Waals surface area contributed by atoms with Crippen LogP contribution in [0, 0.1) is 0 Å². The molecule has 5 nitrogen and oxygen atoms in total. The maximum atomic E-state index is 5.63. The summed E-state index contributed by atoms with van der Waals surface area (Å²) in [5, 5.41) is 3.93. The lowest BCUT2D eigenvalue weighted by atomic mass is 10.1. The van der Waals surface area contributed by atoms with Gasteiger partial charge >= 0.3 is 0 Å². The second-order valence-electron chi connectivity index (χ2n) is 4.01.